The fraction of sp³-hybridized carbons (Fsp3) is 0.0952. The van der Waals surface area contributed by atoms with Crippen molar-refractivity contribution in [2.24, 2.45) is 0 Å². The molecule has 3 aromatic carbocycles. The minimum absolute atomic E-state index is 0.0978. The molecule has 0 aliphatic carbocycles. The first-order valence-corrected chi connectivity index (χ1v) is 10.1. The van der Waals surface area contributed by atoms with Crippen molar-refractivity contribution in [3.63, 3.8) is 0 Å². The number of halogens is 2. The van der Waals surface area contributed by atoms with Gasteiger partial charge in [0, 0.05) is 17.8 Å². The third-order valence-corrected chi connectivity index (χ3v) is 5.61. The number of sulfonamides is 1. The van der Waals surface area contributed by atoms with E-state index in [4.69, 9.17) is 0 Å². The van der Waals surface area contributed by atoms with Gasteiger partial charge in [0.25, 0.3) is 15.9 Å². The van der Waals surface area contributed by atoms with Gasteiger partial charge in [-0.05, 0) is 66.6 Å². The van der Waals surface area contributed by atoms with Gasteiger partial charge in [-0.25, -0.2) is 17.2 Å². The summed E-state index contributed by atoms with van der Waals surface area (Å²) < 4.78 is 53.5. The van der Waals surface area contributed by atoms with Crippen LogP contribution >= 0.6 is 0 Å². The fourth-order valence-electron chi connectivity index (χ4n) is 2.62. The Morgan fingerprint density at radius 3 is 2.10 bits per heavy atom. The van der Waals surface area contributed by atoms with Crippen LogP contribution in [-0.2, 0) is 16.6 Å². The topological polar surface area (TPSA) is 75.3 Å². The van der Waals surface area contributed by atoms with Crippen molar-refractivity contribution in [2.45, 2.75) is 18.4 Å². The molecule has 0 radical (unpaired) electrons. The van der Waals surface area contributed by atoms with Crippen molar-refractivity contribution in [1.82, 2.24) is 5.32 Å². The van der Waals surface area contributed by atoms with Crippen LogP contribution in [0.15, 0.2) is 71.6 Å². The van der Waals surface area contributed by atoms with Crippen LogP contribution < -0.4 is 10.0 Å². The van der Waals surface area contributed by atoms with Gasteiger partial charge in [-0.3, -0.25) is 9.52 Å². The maximum absolute atomic E-state index is 13.0. The van der Waals surface area contributed by atoms with Crippen LogP contribution in [-0.4, -0.2) is 14.3 Å². The van der Waals surface area contributed by atoms with Crippen LogP contribution in [0, 0.1) is 18.6 Å². The van der Waals surface area contributed by atoms with Crippen molar-refractivity contribution in [1.29, 1.82) is 0 Å². The van der Waals surface area contributed by atoms with Crippen LogP contribution in [0.25, 0.3) is 0 Å². The maximum atomic E-state index is 13.0. The highest BCUT2D eigenvalue weighted by Gasteiger charge is 2.18. The third kappa shape index (κ3) is 5.17. The van der Waals surface area contributed by atoms with Crippen LogP contribution in [0.4, 0.5) is 14.5 Å². The summed E-state index contributed by atoms with van der Waals surface area (Å²) in [4.78, 5) is 12.4. The van der Waals surface area contributed by atoms with Crippen molar-refractivity contribution in [3.05, 3.63) is 95.1 Å². The monoisotopic (exact) mass is 416 g/mol. The van der Waals surface area contributed by atoms with Crippen LogP contribution in [0.2, 0.25) is 0 Å². The Kier molecular flexibility index (Phi) is 5.93. The molecule has 0 heterocycles. The zero-order valence-electron chi connectivity index (χ0n) is 15.4. The first kappa shape index (κ1) is 20.5. The molecule has 1 amide bonds. The Morgan fingerprint density at radius 1 is 0.897 bits per heavy atom. The number of benzene rings is 3. The van der Waals surface area contributed by atoms with E-state index in [1.807, 2.05) is 0 Å². The quantitative estimate of drug-likeness (QED) is 0.638. The van der Waals surface area contributed by atoms with Crippen molar-refractivity contribution < 1.29 is 22.0 Å². The second-order valence-electron chi connectivity index (χ2n) is 6.40. The van der Waals surface area contributed by atoms with Crippen LogP contribution in [0.3, 0.4) is 0 Å². The van der Waals surface area contributed by atoms with Gasteiger partial charge in [0.05, 0.1) is 4.90 Å². The average molecular weight is 416 g/mol. The Balaban J connectivity index is 1.78. The Bertz CT molecular complexity index is 1130. The van der Waals surface area contributed by atoms with Gasteiger partial charge in [-0.2, -0.15) is 0 Å². The van der Waals surface area contributed by atoms with Gasteiger partial charge in [-0.1, -0.05) is 18.2 Å². The largest absolute Gasteiger partial charge is 0.348 e. The number of anilines is 1. The Morgan fingerprint density at radius 2 is 1.48 bits per heavy atom. The van der Waals surface area contributed by atoms with E-state index >= 15 is 0 Å². The molecule has 0 aliphatic rings. The van der Waals surface area contributed by atoms with E-state index in [0.717, 1.165) is 12.1 Å². The molecule has 0 unspecified atom stereocenters. The average Bonchev–Trinajstić information content (AvgIpc) is 2.69. The van der Waals surface area contributed by atoms with Crippen LogP contribution in [0.5, 0.6) is 0 Å². The van der Waals surface area contributed by atoms with E-state index in [-0.39, 0.29) is 28.5 Å². The summed E-state index contributed by atoms with van der Waals surface area (Å²) in [7, 11) is -3.96. The normalized spacial score (nSPS) is 11.1. The number of rotatable bonds is 6. The molecule has 0 fully saturated rings. The summed E-state index contributed by atoms with van der Waals surface area (Å²) in [5.74, 6) is -1.31. The maximum Gasteiger partial charge on any atom is 0.261 e. The SMILES string of the molecule is Cc1ccc(S(=O)(=O)Nc2ccc(F)cc2)cc1C(=O)NCc1ccc(F)cc1. The zero-order valence-corrected chi connectivity index (χ0v) is 16.3. The predicted octanol–water partition coefficient (Wildman–Crippen LogP) is 4.00. The van der Waals surface area contributed by atoms with E-state index in [9.17, 15) is 22.0 Å². The van der Waals surface area contributed by atoms with Gasteiger partial charge in [0.15, 0.2) is 0 Å². The molecular weight excluding hydrogens is 398 g/mol. The number of nitrogens with one attached hydrogen (secondary N) is 2. The summed E-state index contributed by atoms with van der Waals surface area (Å²) in [6, 6.07) is 14.8. The molecule has 0 aromatic heterocycles. The highest BCUT2D eigenvalue weighted by atomic mass is 32.2. The zero-order chi connectivity index (χ0) is 21.0. The van der Waals surface area contributed by atoms with Gasteiger partial charge < -0.3 is 5.32 Å². The second kappa shape index (κ2) is 8.40. The summed E-state index contributed by atoms with van der Waals surface area (Å²) in [5, 5.41) is 2.69. The highest BCUT2D eigenvalue weighted by Crippen LogP contribution is 2.20. The molecular formula is C21H18F2N2O3S. The van der Waals surface area contributed by atoms with E-state index in [1.165, 1.54) is 42.5 Å². The van der Waals surface area contributed by atoms with Gasteiger partial charge in [0.2, 0.25) is 0 Å². The molecule has 8 heteroatoms. The summed E-state index contributed by atoms with van der Waals surface area (Å²) >= 11 is 0. The standard InChI is InChI=1S/C21H18F2N2O3S/c1-14-2-11-19(29(27,28)25-18-9-7-17(23)8-10-18)12-20(14)21(26)24-13-15-3-5-16(22)6-4-15/h2-12,25H,13H2,1H3,(H,24,26). The molecule has 29 heavy (non-hydrogen) atoms. The number of hydrogen-bond donors (Lipinski definition) is 2. The smallest absolute Gasteiger partial charge is 0.261 e. The summed E-state index contributed by atoms with van der Waals surface area (Å²) in [5.41, 5.74) is 1.71. The minimum Gasteiger partial charge on any atom is -0.348 e. The van der Waals surface area contributed by atoms with Gasteiger partial charge >= 0.3 is 0 Å². The van der Waals surface area contributed by atoms with Crippen molar-refractivity contribution in [2.75, 3.05) is 4.72 Å². The molecule has 0 bridgehead atoms. The van der Waals surface area contributed by atoms with E-state index in [0.29, 0.717) is 11.1 Å². The predicted molar refractivity (Wildman–Crippen MR) is 106 cm³/mol. The number of amides is 1. The van der Waals surface area contributed by atoms with Crippen molar-refractivity contribution >= 4 is 21.6 Å². The number of hydrogen-bond acceptors (Lipinski definition) is 3. The van der Waals surface area contributed by atoms with E-state index in [1.54, 1.807) is 19.1 Å². The highest BCUT2D eigenvalue weighted by molar-refractivity contribution is 7.92. The first-order valence-electron chi connectivity index (χ1n) is 8.66. The van der Waals surface area contributed by atoms with E-state index in [2.05, 4.69) is 10.0 Å². The molecule has 2 N–H and O–H groups in total. The third-order valence-electron chi connectivity index (χ3n) is 4.23. The Hall–Kier alpha value is -3.26. The summed E-state index contributed by atoms with van der Waals surface area (Å²) in [6.45, 7) is 1.86. The lowest BCUT2D eigenvalue weighted by Gasteiger charge is -2.12. The number of carbonyl (C=O) groups is 1. The lowest BCUT2D eigenvalue weighted by Crippen LogP contribution is -2.24. The molecule has 0 saturated carbocycles. The van der Waals surface area contributed by atoms with E-state index < -0.39 is 21.7 Å². The molecule has 0 aliphatic heterocycles. The molecule has 5 nitrogen and oxygen atoms in total. The Labute approximate surface area is 167 Å². The fourth-order valence-corrected chi connectivity index (χ4v) is 3.71. The summed E-state index contributed by atoms with van der Waals surface area (Å²) in [6.07, 6.45) is 0. The minimum atomic E-state index is -3.96. The number of carbonyl (C=O) groups excluding carboxylic acids is 1. The molecule has 150 valence electrons. The molecule has 0 atom stereocenters. The lowest BCUT2D eigenvalue weighted by atomic mass is 10.1. The van der Waals surface area contributed by atoms with Gasteiger partial charge in [-0.15, -0.1) is 0 Å². The molecule has 3 rings (SSSR count). The van der Waals surface area contributed by atoms with Crippen LogP contribution in [0.1, 0.15) is 21.5 Å². The van der Waals surface area contributed by atoms with Crippen molar-refractivity contribution in [3.8, 4) is 0 Å². The lowest BCUT2D eigenvalue weighted by molar-refractivity contribution is 0.0950. The molecule has 0 saturated heterocycles. The van der Waals surface area contributed by atoms with Gasteiger partial charge in [0.1, 0.15) is 11.6 Å². The first-order chi connectivity index (χ1) is 13.7. The second-order valence-corrected chi connectivity index (χ2v) is 8.08. The molecule has 0 spiro atoms. The molecule has 3 aromatic rings. The number of aryl methyl sites for hydroxylation is 1.